The maximum absolute atomic E-state index is 14.3. The van der Waals surface area contributed by atoms with Crippen LogP contribution in [0.5, 0.6) is 5.75 Å². The van der Waals surface area contributed by atoms with Crippen LogP contribution in [-0.2, 0) is 5.41 Å². The van der Waals surface area contributed by atoms with Crippen molar-refractivity contribution in [1.82, 2.24) is 15.3 Å². The molecule has 3 aromatic rings. The van der Waals surface area contributed by atoms with E-state index >= 15 is 0 Å². The molecule has 0 spiro atoms. The minimum absolute atomic E-state index is 0.0199. The lowest BCUT2D eigenvalue weighted by Crippen LogP contribution is -2.54. The number of hydrogen-bond acceptors (Lipinski definition) is 5. The highest BCUT2D eigenvalue weighted by molar-refractivity contribution is 6.31. The van der Waals surface area contributed by atoms with Crippen molar-refractivity contribution in [3.05, 3.63) is 53.1 Å². The van der Waals surface area contributed by atoms with E-state index in [1.165, 1.54) is 12.4 Å². The largest absolute Gasteiger partial charge is 0.496 e. The third kappa shape index (κ3) is 2.75. The van der Waals surface area contributed by atoms with Gasteiger partial charge in [-0.25, -0.2) is 14.4 Å². The number of nitrogens with zero attached hydrogens (tertiary/aromatic N) is 2. The van der Waals surface area contributed by atoms with Gasteiger partial charge in [0.25, 0.3) is 0 Å². The molecule has 0 saturated carbocycles. The van der Waals surface area contributed by atoms with Crippen LogP contribution < -0.4 is 15.4 Å². The van der Waals surface area contributed by atoms with Crippen LogP contribution in [0.15, 0.2) is 36.7 Å². The Morgan fingerprint density at radius 3 is 2.77 bits per heavy atom. The number of hydrogen-bond donors (Lipinski definition) is 2. The minimum atomic E-state index is -0.509. The van der Waals surface area contributed by atoms with E-state index in [9.17, 15) is 4.39 Å². The molecule has 2 N–H and O–H groups in total. The van der Waals surface area contributed by atoms with Gasteiger partial charge in [0.05, 0.1) is 23.3 Å². The van der Waals surface area contributed by atoms with Gasteiger partial charge >= 0.3 is 0 Å². The van der Waals surface area contributed by atoms with Gasteiger partial charge < -0.3 is 15.4 Å². The van der Waals surface area contributed by atoms with Crippen LogP contribution in [0, 0.1) is 5.82 Å². The van der Waals surface area contributed by atoms with Crippen molar-refractivity contribution in [3.63, 3.8) is 0 Å². The Bertz CT molecular complexity index is 991. The monoisotopic (exact) mass is 372 g/mol. The lowest BCUT2D eigenvalue weighted by Gasteiger charge is -2.40. The molecule has 0 aliphatic carbocycles. The number of fused-ring (bicyclic) bond motifs is 1. The quantitative estimate of drug-likeness (QED) is 0.724. The second-order valence-corrected chi connectivity index (χ2v) is 7.09. The molecular weight excluding hydrogens is 355 g/mol. The molecule has 1 saturated heterocycles. The lowest BCUT2D eigenvalue weighted by atomic mass is 9.76. The molecule has 1 aliphatic rings. The van der Waals surface area contributed by atoms with Gasteiger partial charge in [-0.2, -0.15) is 0 Å². The fourth-order valence-electron chi connectivity index (χ4n) is 3.24. The van der Waals surface area contributed by atoms with Gasteiger partial charge in [-0.3, -0.25) is 0 Å². The summed E-state index contributed by atoms with van der Waals surface area (Å²) in [6, 6.07) is 8.74. The van der Waals surface area contributed by atoms with Gasteiger partial charge in [0.15, 0.2) is 5.82 Å². The number of ether oxygens (including phenoxy) is 1. The van der Waals surface area contributed by atoms with Crippen molar-refractivity contribution in [2.75, 3.05) is 25.5 Å². The summed E-state index contributed by atoms with van der Waals surface area (Å²) in [5.41, 5.74) is 2.05. The summed E-state index contributed by atoms with van der Waals surface area (Å²) >= 11 is 5.88. The first-order valence-electron chi connectivity index (χ1n) is 8.27. The topological polar surface area (TPSA) is 59.1 Å². The Hall–Kier alpha value is -2.44. The Labute approximate surface area is 155 Å². The normalized spacial score (nSPS) is 15.5. The van der Waals surface area contributed by atoms with Crippen LogP contribution in [0.4, 0.5) is 15.9 Å². The predicted octanol–water partition coefficient (Wildman–Crippen LogP) is 4.04. The van der Waals surface area contributed by atoms with E-state index in [-0.39, 0.29) is 16.1 Å². The second kappa shape index (κ2) is 6.37. The number of benzene rings is 2. The van der Waals surface area contributed by atoms with E-state index in [1.54, 1.807) is 19.2 Å². The van der Waals surface area contributed by atoms with Crippen LogP contribution in [0.1, 0.15) is 12.5 Å². The van der Waals surface area contributed by atoms with Crippen molar-refractivity contribution in [2.24, 2.45) is 0 Å². The molecule has 2 aromatic carbocycles. The summed E-state index contributed by atoms with van der Waals surface area (Å²) in [6.07, 6.45) is 1.44. The van der Waals surface area contributed by atoms with Crippen LogP contribution in [0.25, 0.3) is 10.9 Å². The first kappa shape index (κ1) is 17.0. The number of rotatable bonds is 4. The lowest BCUT2D eigenvalue weighted by molar-refractivity contribution is 0.291. The molecule has 134 valence electrons. The van der Waals surface area contributed by atoms with E-state index in [0.29, 0.717) is 5.82 Å². The van der Waals surface area contributed by atoms with Crippen LogP contribution in [-0.4, -0.2) is 30.2 Å². The summed E-state index contributed by atoms with van der Waals surface area (Å²) in [7, 11) is 1.65. The van der Waals surface area contributed by atoms with Gasteiger partial charge in [0, 0.05) is 35.5 Å². The van der Waals surface area contributed by atoms with Crippen LogP contribution in [0.2, 0.25) is 5.02 Å². The van der Waals surface area contributed by atoms with Crippen LogP contribution >= 0.6 is 11.6 Å². The maximum Gasteiger partial charge on any atom is 0.165 e. The Kier molecular flexibility index (Phi) is 4.17. The summed E-state index contributed by atoms with van der Waals surface area (Å²) in [4.78, 5) is 8.64. The maximum atomic E-state index is 14.3. The molecule has 0 bridgehead atoms. The van der Waals surface area contributed by atoms with E-state index in [2.05, 4.69) is 27.5 Å². The molecule has 0 radical (unpaired) electrons. The van der Waals surface area contributed by atoms with Gasteiger partial charge in [0.2, 0.25) is 0 Å². The molecule has 0 amide bonds. The molecule has 1 aromatic heterocycles. The van der Waals surface area contributed by atoms with Gasteiger partial charge in [-0.1, -0.05) is 24.6 Å². The van der Waals surface area contributed by atoms with Gasteiger partial charge in [-0.15, -0.1) is 0 Å². The highest BCUT2D eigenvalue weighted by atomic mass is 35.5. The number of anilines is 2. The summed E-state index contributed by atoms with van der Waals surface area (Å²) in [5.74, 6) is 0.806. The molecule has 1 fully saturated rings. The Morgan fingerprint density at radius 2 is 2.08 bits per heavy atom. The second-order valence-electron chi connectivity index (χ2n) is 6.68. The first-order valence-corrected chi connectivity index (χ1v) is 8.64. The molecule has 4 rings (SSSR count). The average molecular weight is 373 g/mol. The van der Waals surface area contributed by atoms with Crippen molar-refractivity contribution >= 4 is 34.0 Å². The number of halogens is 2. The zero-order chi connectivity index (χ0) is 18.3. The number of aromatic nitrogens is 2. The van der Waals surface area contributed by atoms with E-state index in [0.717, 1.165) is 35.3 Å². The molecule has 0 atom stereocenters. The number of methoxy groups -OCH3 is 1. The third-order valence-corrected chi connectivity index (χ3v) is 5.13. The average Bonchev–Trinajstić information content (AvgIpc) is 2.62. The predicted molar refractivity (Wildman–Crippen MR) is 101 cm³/mol. The standard InChI is InChI=1S/C19H18ClFN4O/c1-19(8-22-9-19)12-6-11-15(7-16(12)26-2)23-10-24-18(11)25-14-5-3-4-13(20)17(14)21/h3-7,10,22H,8-9H2,1-2H3,(H,23,24,25). The fourth-order valence-corrected chi connectivity index (χ4v) is 3.42. The Balaban J connectivity index is 1.85. The summed E-state index contributed by atoms with van der Waals surface area (Å²) in [5, 5.41) is 7.20. The summed E-state index contributed by atoms with van der Waals surface area (Å²) in [6.45, 7) is 3.92. The highest BCUT2D eigenvalue weighted by Crippen LogP contribution is 2.39. The molecule has 1 aliphatic heterocycles. The highest BCUT2D eigenvalue weighted by Gasteiger charge is 2.36. The van der Waals surface area contributed by atoms with E-state index < -0.39 is 5.82 Å². The molecule has 7 heteroatoms. The van der Waals surface area contributed by atoms with E-state index in [1.807, 2.05) is 12.1 Å². The smallest absolute Gasteiger partial charge is 0.165 e. The Morgan fingerprint density at radius 1 is 1.27 bits per heavy atom. The van der Waals surface area contributed by atoms with Crippen molar-refractivity contribution in [3.8, 4) is 5.75 Å². The molecule has 26 heavy (non-hydrogen) atoms. The first-order chi connectivity index (χ1) is 12.5. The molecule has 0 unspecified atom stereocenters. The van der Waals surface area contributed by atoms with Crippen LogP contribution in [0.3, 0.4) is 0 Å². The molecule has 5 nitrogen and oxygen atoms in total. The van der Waals surface area contributed by atoms with E-state index in [4.69, 9.17) is 16.3 Å². The fraction of sp³-hybridized carbons (Fsp3) is 0.263. The van der Waals surface area contributed by atoms with Gasteiger partial charge in [0.1, 0.15) is 17.9 Å². The minimum Gasteiger partial charge on any atom is -0.496 e. The van der Waals surface area contributed by atoms with Crippen molar-refractivity contribution in [2.45, 2.75) is 12.3 Å². The summed E-state index contributed by atoms with van der Waals surface area (Å²) < 4.78 is 19.9. The zero-order valence-corrected chi connectivity index (χ0v) is 15.2. The third-order valence-electron chi connectivity index (χ3n) is 4.84. The number of nitrogens with one attached hydrogen (secondary N) is 2. The van der Waals surface area contributed by atoms with Crippen molar-refractivity contribution < 1.29 is 9.13 Å². The zero-order valence-electron chi connectivity index (χ0n) is 14.4. The molecular formula is C19H18ClFN4O. The molecule has 2 heterocycles. The SMILES string of the molecule is COc1cc2ncnc(Nc3cccc(Cl)c3F)c2cc1C1(C)CNC1. The van der Waals surface area contributed by atoms with Crippen molar-refractivity contribution in [1.29, 1.82) is 0 Å². The van der Waals surface area contributed by atoms with Gasteiger partial charge in [-0.05, 0) is 18.2 Å².